The lowest BCUT2D eigenvalue weighted by Gasteiger charge is -2.37. The highest BCUT2D eigenvalue weighted by atomic mass is 16.5. The number of ether oxygens (including phenoxy) is 1. The van der Waals surface area contributed by atoms with Crippen LogP contribution < -0.4 is 10.1 Å². The number of hydrogen-bond donors (Lipinski definition) is 1. The molecule has 106 valence electrons. The van der Waals surface area contributed by atoms with Crippen molar-refractivity contribution in [3.63, 3.8) is 0 Å². The van der Waals surface area contributed by atoms with Crippen molar-refractivity contribution in [1.82, 2.24) is 5.32 Å². The molecule has 2 heteroatoms. The topological polar surface area (TPSA) is 21.3 Å². The van der Waals surface area contributed by atoms with E-state index >= 15 is 0 Å². The lowest BCUT2D eigenvalue weighted by molar-refractivity contribution is 0.260. The Kier molecular flexibility index (Phi) is 4.87. The predicted octanol–water partition coefficient (Wildman–Crippen LogP) is 3.82. The zero-order valence-corrected chi connectivity index (χ0v) is 12.6. The van der Waals surface area contributed by atoms with E-state index in [0.29, 0.717) is 12.0 Å². The highest BCUT2D eigenvalue weighted by Crippen LogP contribution is 2.40. The molecular weight excluding hydrogens is 234 g/mol. The van der Waals surface area contributed by atoms with Crippen molar-refractivity contribution in [1.29, 1.82) is 0 Å². The van der Waals surface area contributed by atoms with Crippen LogP contribution in [0.1, 0.15) is 45.1 Å². The van der Waals surface area contributed by atoms with E-state index in [4.69, 9.17) is 4.74 Å². The molecule has 2 nitrogen and oxygen atoms in total. The van der Waals surface area contributed by atoms with E-state index < -0.39 is 0 Å². The summed E-state index contributed by atoms with van der Waals surface area (Å²) in [6.07, 6.45) is 2.48. The molecule has 1 aliphatic carbocycles. The highest BCUT2D eigenvalue weighted by Gasteiger charge is 2.31. The van der Waals surface area contributed by atoms with Crippen molar-refractivity contribution < 1.29 is 4.74 Å². The molecule has 0 heterocycles. The first-order chi connectivity index (χ1) is 9.11. The zero-order chi connectivity index (χ0) is 13.8. The molecule has 0 radical (unpaired) electrons. The second-order valence-corrected chi connectivity index (χ2v) is 6.24. The first-order valence-electron chi connectivity index (χ1n) is 7.48. The molecule has 1 unspecified atom stereocenters. The van der Waals surface area contributed by atoms with Crippen LogP contribution in [0.2, 0.25) is 0 Å². The second kappa shape index (κ2) is 6.42. The molecule has 0 aliphatic heterocycles. The number of rotatable bonds is 6. The van der Waals surface area contributed by atoms with E-state index in [9.17, 15) is 0 Å². The van der Waals surface area contributed by atoms with Gasteiger partial charge < -0.3 is 10.1 Å². The quantitative estimate of drug-likeness (QED) is 0.840. The monoisotopic (exact) mass is 261 g/mol. The van der Waals surface area contributed by atoms with Gasteiger partial charge in [0.25, 0.3) is 0 Å². The van der Waals surface area contributed by atoms with E-state index in [-0.39, 0.29) is 0 Å². The van der Waals surface area contributed by atoms with Gasteiger partial charge in [0.15, 0.2) is 0 Å². The molecule has 1 N–H and O–H groups in total. The molecule has 19 heavy (non-hydrogen) atoms. The van der Waals surface area contributed by atoms with Crippen molar-refractivity contribution in [3.05, 3.63) is 29.8 Å². The molecule has 1 atom stereocenters. The lowest BCUT2D eigenvalue weighted by atomic mass is 9.75. The van der Waals surface area contributed by atoms with Gasteiger partial charge in [-0.3, -0.25) is 0 Å². The Morgan fingerprint density at radius 3 is 2.53 bits per heavy atom. The fourth-order valence-electron chi connectivity index (χ4n) is 2.63. The Balaban J connectivity index is 1.80. The van der Waals surface area contributed by atoms with Gasteiger partial charge in [0.1, 0.15) is 5.75 Å². The average molecular weight is 261 g/mol. The van der Waals surface area contributed by atoms with Crippen molar-refractivity contribution in [2.24, 2.45) is 11.8 Å². The fraction of sp³-hybridized carbons (Fsp3) is 0.647. The molecule has 1 aromatic rings. The van der Waals surface area contributed by atoms with Gasteiger partial charge in [0, 0.05) is 6.04 Å². The van der Waals surface area contributed by atoms with Crippen LogP contribution in [-0.4, -0.2) is 19.7 Å². The summed E-state index contributed by atoms with van der Waals surface area (Å²) in [5.74, 6) is 3.23. The molecule has 0 spiro atoms. The minimum Gasteiger partial charge on any atom is -0.496 e. The third-order valence-electron chi connectivity index (χ3n) is 4.58. The SMILES string of the molecule is COc1ccccc1C1CC(NCC(C)C(C)C)C1. The third kappa shape index (κ3) is 3.50. The van der Waals surface area contributed by atoms with Gasteiger partial charge in [-0.25, -0.2) is 0 Å². The number of nitrogens with one attached hydrogen (secondary N) is 1. The molecule has 2 rings (SSSR count). The van der Waals surface area contributed by atoms with Crippen LogP contribution in [0, 0.1) is 11.8 Å². The average Bonchev–Trinajstić information content (AvgIpc) is 2.36. The van der Waals surface area contributed by atoms with Crippen LogP contribution in [0.5, 0.6) is 5.75 Å². The van der Waals surface area contributed by atoms with Crippen molar-refractivity contribution in [3.8, 4) is 5.75 Å². The van der Waals surface area contributed by atoms with E-state index in [1.54, 1.807) is 7.11 Å². The van der Waals surface area contributed by atoms with Gasteiger partial charge in [0.2, 0.25) is 0 Å². The predicted molar refractivity (Wildman–Crippen MR) is 80.8 cm³/mol. The van der Waals surface area contributed by atoms with Crippen LogP contribution in [0.4, 0.5) is 0 Å². The molecule has 0 amide bonds. The number of methoxy groups -OCH3 is 1. The largest absolute Gasteiger partial charge is 0.496 e. The van der Waals surface area contributed by atoms with E-state index in [2.05, 4.69) is 44.3 Å². The van der Waals surface area contributed by atoms with Crippen LogP contribution in [-0.2, 0) is 0 Å². The first-order valence-corrected chi connectivity index (χ1v) is 7.48. The van der Waals surface area contributed by atoms with E-state index in [1.165, 1.54) is 18.4 Å². The Hall–Kier alpha value is -1.02. The van der Waals surface area contributed by atoms with Crippen molar-refractivity contribution in [2.45, 2.75) is 45.6 Å². The van der Waals surface area contributed by atoms with Crippen LogP contribution >= 0.6 is 0 Å². The van der Waals surface area contributed by atoms with Crippen LogP contribution in [0.3, 0.4) is 0 Å². The molecule has 0 bridgehead atoms. The number of para-hydroxylation sites is 1. The van der Waals surface area contributed by atoms with Gasteiger partial charge >= 0.3 is 0 Å². The summed E-state index contributed by atoms with van der Waals surface area (Å²) in [5, 5.41) is 3.70. The first kappa shape index (κ1) is 14.4. The van der Waals surface area contributed by atoms with Gasteiger partial charge in [0.05, 0.1) is 7.11 Å². The summed E-state index contributed by atoms with van der Waals surface area (Å²) in [6, 6.07) is 9.12. The maximum Gasteiger partial charge on any atom is 0.122 e. The maximum atomic E-state index is 5.45. The Labute approximate surface area is 117 Å². The summed E-state index contributed by atoms with van der Waals surface area (Å²) in [5.41, 5.74) is 1.37. The molecule has 1 saturated carbocycles. The molecule has 1 aromatic carbocycles. The van der Waals surface area contributed by atoms with Gasteiger partial charge in [-0.2, -0.15) is 0 Å². The van der Waals surface area contributed by atoms with Crippen LogP contribution in [0.15, 0.2) is 24.3 Å². The minimum atomic E-state index is 0.669. The Morgan fingerprint density at radius 2 is 1.89 bits per heavy atom. The molecule has 0 saturated heterocycles. The molecule has 1 aliphatic rings. The fourth-order valence-corrected chi connectivity index (χ4v) is 2.63. The van der Waals surface area contributed by atoms with Crippen LogP contribution in [0.25, 0.3) is 0 Å². The Morgan fingerprint density at radius 1 is 1.21 bits per heavy atom. The van der Waals surface area contributed by atoms with Gasteiger partial charge in [-0.15, -0.1) is 0 Å². The highest BCUT2D eigenvalue weighted by molar-refractivity contribution is 5.37. The normalized spacial score (nSPS) is 24.1. The Bertz CT molecular complexity index is 396. The van der Waals surface area contributed by atoms with Gasteiger partial charge in [-0.05, 0) is 48.8 Å². The summed E-state index contributed by atoms with van der Waals surface area (Å²) < 4.78 is 5.45. The molecule has 0 aromatic heterocycles. The van der Waals surface area contributed by atoms with E-state index in [0.717, 1.165) is 24.1 Å². The zero-order valence-electron chi connectivity index (χ0n) is 12.6. The summed E-state index contributed by atoms with van der Waals surface area (Å²) in [6.45, 7) is 8.06. The summed E-state index contributed by atoms with van der Waals surface area (Å²) in [4.78, 5) is 0. The summed E-state index contributed by atoms with van der Waals surface area (Å²) in [7, 11) is 1.76. The number of benzene rings is 1. The smallest absolute Gasteiger partial charge is 0.122 e. The maximum absolute atomic E-state index is 5.45. The molecular formula is C17H27NO. The lowest BCUT2D eigenvalue weighted by Crippen LogP contribution is -2.42. The molecule has 1 fully saturated rings. The van der Waals surface area contributed by atoms with Gasteiger partial charge in [-0.1, -0.05) is 39.0 Å². The second-order valence-electron chi connectivity index (χ2n) is 6.24. The minimum absolute atomic E-state index is 0.669. The van der Waals surface area contributed by atoms with Crippen molar-refractivity contribution in [2.75, 3.05) is 13.7 Å². The summed E-state index contributed by atoms with van der Waals surface area (Å²) >= 11 is 0. The third-order valence-corrected chi connectivity index (χ3v) is 4.58. The van der Waals surface area contributed by atoms with E-state index in [1.807, 2.05) is 6.07 Å². The standard InChI is InChI=1S/C17H27NO/c1-12(2)13(3)11-18-15-9-14(10-15)16-7-5-6-8-17(16)19-4/h5-8,12-15,18H,9-11H2,1-4H3. The van der Waals surface area contributed by atoms with Crippen molar-refractivity contribution >= 4 is 0 Å². The number of hydrogen-bond acceptors (Lipinski definition) is 2.